The van der Waals surface area contributed by atoms with Crippen LogP contribution in [-0.4, -0.2) is 42.5 Å². The van der Waals surface area contributed by atoms with Gasteiger partial charge in [0.25, 0.3) is 0 Å². The summed E-state index contributed by atoms with van der Waals surface area (Å²) in [5, 5.41) is 8.92. The molecule has 2 aromatic heterocycles. The van der Waals surface area contributed by atoms with E-state index in [4.69, 9.17) is 5.11 Å². The van der Waals surface area contributed by atoms with Crippen molar-refractivity contribution in [3.63, 3.8) is 0 Å². The average molecular weight is 259 g/mol. The minimum Gasteiger partial charge on any atom is -0.480 e. The molecule has 0 aliphatic heterocycles. The number of carboxylic acid groups (broad SMARTS) is 1. The van der Waals surface area contributed by atoms with Gasteiger partial charge in [-0.1, -0.05) is 0 Å². The fraction of sp³-hybridized carbons (Fsp3) is 0.250. The van der Waals surface area contributed by atoms with Gasteiger partial charge in [-0.05, 0) is 12.1 Å². The Hall–Kier alpha value is -2.41. The van der Waals surface area contributed by atoms with E-state index in [1.165, 1.54) is 0 Å². The first-order chi connectivity index (χ1) is 9.24. The van der Waals surface area contributed by atoms with Gasteiger partial charge in [0.15, 0.2) is 0 Å². The van der Waals surface area contributed by atoms with Gasteiger partial charge in [-0.25, -0.2) is 19.9 Å². The molecule has 2 aromatic rings. The summed E-state index contributed by atoms with van der Waals surface area (Å²) in [4.78, 5) is 28.9. The summed E-state index contributed by atoms with van der Waals surface area (Å²) in [6, 6.07) is 3.43. The molecule has 0 spiro atoms. The standard InChI is InChI=1S/C12H13N5O2/c18-12(19)9-17(7-10-13-3-1-4-14-10)8-11-15-5-2-6-16-11/h1-6H,7-9H2,(H,18,19). The fourth-order valence-electron chi connectivity index (χ4n) is 1.58. The first-order valence-electron chi connectivity index (χ1n) is 5.70. The third kappa shape index (κ3) is 4.40. The molecule has 0 atom stereocenters. The molecule has 98 valence electrons. The summed E-state index contributed by atoms with van der Waals surface area (Å²) in [7, 11) is 0. The van der Waals surface area contributed by atoms with Crippen LogP contribution in [0.15, 0.2) is 36.9 Å². The van der Waals surface area contributed by atoms with Crippen LogP contribution in [0.4, 0.5) is 0 Å². The summed E-state index contributed by atoms with van der Waals surface area (Å²) in [5.74, 6) is 0.228. The molecule has 0 saturated carbocycles. The van der Waals surface area contributed by atoms with Crippen LogP contribution in [0.2, 0.25) is 0 Å². The van der Waals surface area contributed by atoms with Crippen molar-refractivity contribution in [1.29, 1.82) is 0 Å². The predicted molar refractivity (Wildman–Crippen MR) is 65.8 cm³/mol. The first kappa shape index (κ1) is 13.0. The van der Waals surface area contributed by atoms with Gasteiger partial charge in [0, 0.05) is 24.8 Å². The van der Waals surface area contributed by atoms with Crippen molar-refractivity contribution in [2.45, 2.75) is 13.1 Å². The van der Waals surface area contributed by atoms with Crippen LogP contribution in [-0.2, 0) is 17.9 Å². The van der Waals surface area contributed by atoms with Gasteiger partial charge in [-0.3, -0.25) is 9.69 Å². The highest BCUT2D eigenvalue weighted by Gasteiger charge is 2.13. The SMILES string of the molecule is O=C(O)CN(Cc1ncccn1)Cc1ncccn1. The summed E-state index contributed by atoms with van der Waals surface area (Å²) >= 11 is 0. The van der Waals surface area contributed by atoms with Crippen LogP contribution >= 0.6 is 0 Å². The average Bonchev–Trinajstić information content (AvgIpc) is 2.40. The summed E-state index contributed by atoms with van der Waals surface area (Å²) in [5.41, 5.74) is 0. The fourth-order valence-corrected chi connectivity index (χ4v) is 1.58. The molecule has 0 fully saturated rings. The Morgan fingerprint density at radius 2 is 1.37 bits per heavy atom. The van der Waals surface area contributed by atoms with Gasteiger partial charge in [0.1, 0.15) is 11.6 Å². The summed E-state index contributed by atoms with van der Waals surface area (Å²) in [6.07, 6.45) is 6.50. The third-order valence-corrected chi connectivity index (χ3v) is 2.33. The maximum absolute atomic E-state index is 10.9. The Balaban J connectivity index is 2.06. The van der Waals surface area contributed by atoms with Crippen LogP contribution in [0, 0.1) is 0 Å². The van der Waals surface area contributed by atoms with E-state index < -0.39 is 5.97 Å². The van der Waals surface area contributed by atoms with Gasteiger partial charge in [-0.15, -0.1) is 0 Å². The number of nitrogens with zero attached hydrogens (tertiary/aromatic N) is 5. The van der Waals surface area contributed by atoms with Crippen LogP contribution in [0.3, 0.4) is 0 Å². The largest absolute Gasteiger partial charge is 0.480 e. The van der Waals surface area contributed by atoms with E-state index >= 15 is 0 Å². The minimum absolute atomic E-state index is 0.115. The van der Waals surface area contributed by atoms with E-state index in [1.807, 2.05) is 0 Å². The number of hydrogen-bond acceptors (Lipinski definition) is 6. The molecular formula is C12H13N5O2. The predicted octanol–water partition coefficient (Wildman–Crippen LogP) is 0.353. The van der Waals surface area contributed by atoms with Crippen molar-refractivity contribution < 1.29 is 9.90 Å². The molecule has 0 amide bonds. The Labute approximate surface area is 110 Å². The normalized spacial score (nSPS) is 10.6. The Morgan fingerprint density at radius 3 is 1.74 bits per heavy atom. The van der Waals surface area contributed by atoms with Crippen molar-refractivity contribution in [2.24, 2.45) is 0 Å². The zero-order chi connectivity index (χ0) is 13.5. The molecule has 0 aliphatic carbocycles. The monoisotopic (exact) mass is 259 g/mol. The first-order valence-corrected chi connectivity index (χ1v) is 5.70. The molecule has 2 heterocycles. The molecule has 0 aromatic carbocycles. The quantitative estimate of drug-likeness (QED) is 0.800. The van der Waals surface area contributed by atoms with Crippen molar-refractivity contribution in [3.05, 3.63) is 48.6 Å². The highest BCUT2D eigenvalue weighted by Crippen LogP contribution is 2.02. The Kier molecular flexibility index (Phi) is 4.46. The van der Waals surface area contributed by atoms with Crippen LogP contribution in [0.5, 0.6) is 0 Å². The van der Waals surface area contributed by atoms with Crippen molar-refractivity contribution >= 4 is 5.97 Å². The maximum atomic E-state index is 10.9. The zero-order valence-electron chi connectivity index (χ0n) is 10.2. The van der Waals surface area contributed by atoms with Crippen molar-refractivity contribution in [3.8, 4) is 0 Å². The molecular weight excluding hydrogens is 246 g/mol. The number of carboxylic acids is 1. The smallest absolute Gasteiger partial charge is 0.317 e. The molecule has 0 bridgehead atoms. The molecule has 0 unspecified atom stereocenters. The molecule has 7 nitrogen and oxygen atoms in total. The number of aromatic nitrogens is 4. The van der Waals surface area contributed by atoms with Crippen LogP contribution in [0.25, 0.3) is 0 Å². The Morgan fingerprint density at radius 1 is 0.947 bits per heavy atom. The number of aliphatic carboxylic acids is 1. The lowest BCUT2D eigenvalue weighted by molar-refractivity contribution is -0.138. The lowest BCUT2D eigenvalue weighted by Crippen LogP contribution is -2.30. The second-order valence-electron chi connectivity index (χ2n) is 3.87. The van der Waals surface area contributed by atoms with E-state index in [0.29, 0.717) is 24.7 Å². The van der Waals surface area contributed by atoms with Gasteiger partial charge >= 0.3 is 5.97 Å². The van der Waals surface area contributed by atoms with E-state index in [-0.39, 0.29) is 6.54 Å². The Bertz CT molecular complexity index is 479. The lowest BCUT2D eigenvalue weighted by atomic mass is 10.4. The van der Waals surface area contributed by atoms with Crippen LogP contribution in [0.1, 0.15) is 11.6 Å². The molecule has 1 N–H and O–H groups in total. The highest BCUT2D eigenvalue weighted by molar-refractivity contribution is 5.69. The molecule has 0 saturated heterocycles. The number of carbonyl (C=O) groups is 1. The molecule has 19 heavy (non-hydrogen) atoms. The van der Waals surface area contributed by atoms with E-state index in [9.17, 15) is 4.79 Å². The van der Waals surface area contributed by atoms with E-state index in [1.54, 1.807) is 41.8 Å². The minimum atomic E-state index is -0.910. The summed E-state index contributed by atoms with van der Waals surface area (Å²) in [6.45, 7) is 0.563. The third-order valence-electron chi connectivity index (χ3n) is 2.33. The lowest BCUT2D eigenvalue weighted by Gasteiger charge is -2.18. The number of rotatable bonds is 6. The topological polar surface area (TPSA) is 92.1 Å². The van der Waals surface area contributed by atoms with Gasteiger partial charge < -0.3 is 5.11 Å². The zero-order valence-corrected chi connectivity index (χ0v) is 10.2. The second kappa shape index (κ2) is 6.50. The number of hydrogen-bond donors (Lipinski definition) is 1. The van der Waals surface area contributed by atoms with Crippen LogP contribution < -0.4 is 0 Å². The van der Waals surface area contributed by atoms with Crippen molar-refractivity contribution in [1.82, 2.24) is 24.8 Å². The highest BCUT2D eigenvalue weighted by atomic mass is 16.4. The van der Waals surface area contributed by atoms with Gasteiger partial charge in [0.2, 0.25) is 0 Å². The molecule has 2 rings (SSSR count). The summed E-state index contributed by atoms with van der Waals surface area (Å²) < 4.78 is 0. The van der Waals surface area contributed by atoms with E-state index in [0.717, 1.165) is 0 Å². The van der Waals surface area contributed by atoms with Gasteiger partial charge in [0.05, 0.1) is 19.6 Å². The molecule has 7 heteroatoms. The molecule has 0 aliphatic rings. The van der Waals surface area contributed by atoms with E-state index in [2.05, 4.69) is 19.9 Å². The van der Waals surface area contributed by atoms with Gasteiger partial charge in [-0.2, -0.15) is 0 Å². The second-order valence-corrected chi connectivity index (χ2v) is 3.87. The molecule has 0 radical (unpaired) electrons. The maximum Gasteiger partial charge on any atom is 0.317 e. The van der Waals surface area contributed by atoms with Crippen molar-refractivity contribution in [2.75, 3.05) is 6.54 Å².